The molecule has 122 valence electrons. The van der Waals surface area contributed by atoms with Crippen LogP contribution in [0, 0.1) is 5.82 Å². The molecule has 7 nitrogen and oxygen atoms in total. The molecule has 24 heavy (non-hydrogen) atoms. The van der Waals surface area contributed by atoms with Crippen LogP contribution in [0.1, 0.15) is 28.8 Å². The van der Waals surface area contributed by atoms with Crippen molar-refractivity contribution in [1.82, 2.24) is 10.2 Å². The molecule has 2 aliphatic rings. The molecular weight excluding hydrogens is 314 g/mol. The molecule has 11 heteroatoms. The molecule has 2 aliphatic heterocycles. The van der Waals surface area contributed by atoms with E-state index >= 15 is 0 Å². The van der Waals surface area contributed by atoms with Gasteiger partial charge in [0, 0.05) is 23.2 Å². The lowest BCUT2D eigenvalue weighted by Gasteiger charge is -2.38. The summed E-state index contributed by atoms with van der Waals surface area (Å²) in [7, 11) is 4.24. The van der Waals surface area contributed by atoms with Gasteiger partial charge in [-0.05, 0) is 17.3 Å². The Morgan fingerprint density at radius 1 is 1.29 bits per heavy atom. The maximum Gasteiger partial charge on any atom is 0.256 e. The van der Waals surface area contributed by atoms with Gasteiger partial charge in [-0.3, -0.25) is 19.7 Å². The van der Waals surface area contributed by atoms with Crippen molar-refractivity contribution in [2.45, 2.75) is 24.5 Å². The largest absolute Gasteiger partial charge is 0.399 e. The number of carbonyl (C=O) groups is 3. The van der Waals surface area contributed by atoms with Gasteiger partial charge in [0.2, 0.25) is 11.8 Å². The molecule has 0 saturated carbocycles. The van der Waals surface area contributed by atoms with Crippen LogP contribution in [0.5, 0.6) is 0 Å². The third-order valence-corrected chi connectivity index (χ3v) is 4.85. The number of nitrogen functional groups attached to an aromatic ring is 1. The highest BCUT2D eigenvalue weighted by Crippen LogP contribution is 2.39. The summed E-state index contributed by atoms with van der Waals surface area (Å²) in [5, 5.41) is 13.1. The molecule has 0 aromatic heterocycles. The van der Waals surface area contributed by atoms with Crippen LogP contribution in [-0.4, -0.2) is 57.3 Å². The lowest BCUT2D eigenvalue weighted by Crippen LogP contribution is -2.59. The Balaban J connectivity index is 2.18. The van der Waals surface area contributed by atoms with E-state index in [-0.39, 0.29) is 40.6 Å². The highest BCUT2D eigenvalue weighted by atomic mass is 19.1. The molecule has 1 aromatic carbocycles. The fraction of sp³-hybridized carbons (Fsp3) is 0.308. The lowest BCUT2D eigenvalue weighted by atomic mass is 9.74. The lowest BCUT2D eigenvalue weighted by molar-refractivity contribution is -0.141. The van der Waals surface area contributed by atoms with Crippen LogP contribution in [0.2, 0.25) is 0 Å². The molecule has 2 atom stereocenters. The standard InChI is InChI=1S/C13H15B3FN3O4/c14-7-5-6(10(18)8(15)9(7)17)13(16,24)20(12(5)23)3-1-2-4(21)19-11(3)22/h3,24H,1-2,14-16,18H2,(H,19,21,22). The number of rotatable bonds is 1. The minimum Gasteiger partial charge on any atom is -0.399 e. The van der Waals surface area contributed by atoms with Gasteiger partial charge in [0.15, 0.2) is 7.85 Å². The average molecular weight is 329 g/mol. The van der Waals surface area contributed by atoms with Crippen molar-refractivity contribution in [2.24, 2.45) is 0 Å². The monoisotopic (exact) mass is 329 g/mol. The third-order valence-electron chi connectivity index (χ3n) is 4.85. The molecule has 2 heterocycles. The number of halogens is 1. The number of nitrogens with two attached hydrogens (primary N) is 1. The zero-order chi connectivity index (χ0) is 18.0. The summed E-state index contributed by atoms with van der Waals surface area (Å²) >= 11 is 0. The number of anilines is 1. The quantitative estimate of drug-likeness (QED) is 0.271. The third kappa shape index (κ3) is 2.00. The second-order valence-corrected chi connectivity index (χ2v) is 6.39. The minimum absolute atomic E-state index is 0.0127. The van der Waals surface area contributed by atoms with Gasteiger partial charge in [-0.25, -0.2) is 4.39 Å². The summed E-state index contributed by atoms with van der Waals surface area (Å²) in [6.07, 6.45) is 0.134. The number of carbonyl (C=O) groups excluding carboxylic acids is 3. The van der Waals surface area contributed by atoms with E-state index in [9.17, 15) is 23.9 Å². The number of nitrogens with one attached hydrogen (secondary N) is 1. The Morgan fingerprint density at radius 2 is 1.92 bits per heavy atom. The fourth-order valence-electron chi connectivity index (χ4n) is 3.59. The van der Waals surface area contributed by atoms with E-state index in [4.69, 9.17) is 5.73 Å². The van der Waals surface area contributed by atoms with E-state index in [1.165, 1.54) is 23.5 Å². The molecule has 0 aliphatic carbocycles. The van der Waals surface area contributed by atoms with E-state index in [1.54, 1.807) is 0 Å². The Kier molecular flexibility index (Phi) is 3.52. The Morgan fingerprint density at radius 3 is 2.50 bits per heavy atom. The van der Waals surface area contributed by atoms with Crippen LogP contribution < -0.4 is 22.0 Å². The first-order chi connectivity index (χ1) is 11.1. The Bertz CT molecular complexity index is 814. The predicted molar refractivity (Wildman–Crippen MR) is 92.0 cm³/mol. The van der Waals surface area contributed by atoms with Gasteiger partial charge in [0.1, 0.15) is 33.2 Å². The summed E-state index contributed by atoms with van der Waals surface area (Å²) in [4.78, 5) is 37.3. The number of piperidine rings is 1. The normalized spacial score (nSPS) is 26.5. The van der Waals surface area contributed by atoms with Crippen molar-refractivity contribution in [3.63, 3.8) is 0 Å². The van der Waals surface area contributed by atoms with Gasteiger partial charge in [0.25, 0.3) is 5.91 Å². The van der Waals surface area contributed by atoms with Crippen LogP contribution in [0.3, 0.4) is 0 Å². The van der Waals surface area contributed by atoms with Crippen molar-refractivity contribution < 1.29 is 23.9 Å². The summed E-state index contributed by atoms with van der Waals surface area (Å²) < 4.78 is 14.3. The molecule has 3 amide bonds. The van der Waals surface area contributed by atoms with Gasteiger partial charge in [0.05, 0.1) is 0 Å². The Labute approximate surface area is 140 Å². The highest BCUT2D eigenvalue weighted by Gasteiger charge is 2.53. The van der Waals surface area contributed by atoms with Gasteiger partial charge >= 0.3 is 0 Å². The highest BCUT2D eigenvalue weighted by molar-refractivity contribution is 6.44. The number of hydrogen-bond donors (Lipinski definition) is 3. The Hall–Kier alpha value is -2.29. The van der Waals surface area contributed by atoms with Crippen molar-refractivity contribution in [1.29, 1.82) is 0 Å². The van der Waals surface area contributed by atoms with Crippen LogP contribution >= 0.6 is 0 Å². The summed E-state index contributed by atoms with van der Waals surface area (Å²) in [6.45, 7) is 0. The number of hydrogen-bond acceptors (Lipinski definition) is 5. The molecule has 0 bridgehead atoms. The zero-order valence-electron chi connectivity index (χ0n) is 13.6. The summed E-state index contributed by atoms with van der Waals surface area (Å²) in [6, 6.07) is -1.03. The van der Waals surface area contributed by atoms with Crippen LogP contribution in [0.4, 0.5) is 10.1 Å². The van der Waals surface area contributed by atoms with E-state index in [2.05, 4.69) is 5.32 Å². The van der Waals surface area contributed by atoms with E-state index in [0.29, 0.717) is 0 Å². The molecule has 4 N–H and O–H groups in total. The van der Waals surface area contributed by atoms with Crippen LogP contribution in [-0.2, 0) is 15.2 Å². The van der Waals surface area contributed by atoms with Crippen molar-refractivity contribution in [2.75, 3.05) is 5.73 Å². The van der Waals surface area contributed by atoms with Crippen molar-refractivity contribution in [3.05, 3.63) is 16.9 Å². The number of imide groups is 1. The molecule has 1 aromatic rings. The second kappa shape index (κ2) is 5.10. The van der Waals surface area contributed by atoms with Crippen molar-refractivity contribution in [3.8, 4) is 0 Å². The number of amides is 3. The first kappa shape index (κ1) is 16.6. The summed E-state index contributed by atoms with van der Waals surface area (Å²) in [5.74, 6) is -2.38. The molecule has 1 saturated heterocycles. The number of fused-ring (bicyclic) bond motifs is 1. The van der Waals surface area contributed by atoms with Crippen LogP contribution in [0.25, 0.3) is 0 Å². The van der Waals surface area contributed by atoms with Gasteiger partial charge in [-0.15, -0.1) is 0 Å². The smallest absolute Gasteiger partial charge is 0.256 e. The molecule has 0 radical (unpaired) electrons. The predicted octanol–water partition coefficient (Wildman–Crippen LogP) is -5.08. The molecule has 2 unspecified atom stereocenters. The molecule has 3 rings (SSSR count). The van der Waals surface area contributed by atoms with Crippen LogP contribution in [0.15, 0.2) is 0 Å². The van der Waals surface area contributed by atoms with Gasteiger partial charge in [-0.2, -0.15) is 0 Å². The van der Waals surface area contributed by atoms with E-state index in [0.717, 1.165) is 4.90 Å². The molecular formula is C13H15B3FN3O4. The van der Waals surface area contributed by atoms with E-state index < -0.39 is 35.2 Å². The topological polar surface area (TPSA) is 113 Å². The number of nitrogens with zero attached hydrogens (tertiary/aromatic N) is 1. The average Bonchev–Trinajstić information content (AvgIpc) is 2.70. The first-order valence-electron chi connectivity index (χ1n) is 7.57. The zero-order valence-corrected chi connectivity index (χ0v) is 13.6. The summed E-state index contributed by atoms with van der Waals surface area (Å²) in [5.41, 5.74) is 4.38. The van der Waals surface area contributed by atoms with Gasteiger partial charge < -0.3 is 15.7 Å². The maximum absolute atomic E-state index is 14.3. The van der Waals surface area contributed by atoms with E-state index in [1.807, 2.05) is 0 Å². The maximum atomic E-state index is 14.3. The molecule has 1 fully saturated rings. The van der Waals surface area contributed by atoms with Crippen molar-refractivity contribution >= 4 is 57.9 Å². The second-order valence-electron chi connectivity index (χ2n) is 6.39. The number of aliphatic hydroxyl groups is 1. The SMILES string of the molecule is Bc1c(N)c2c(c(B)c1F)C(=O)N(C1CCC(=O)NC1=O)C2(B)O. The van der Waals surface area contributed by atoms with Gasteiger partial charge in [-0.1, -0.05) is 0 Å². The first-order valence-corrected chi connectivity index (χ1v) is 7.57. The number of benzene rings is 1. The fourth-order valence-corrected chi connectivity index (χ4v) is 3.59. The minimum atomic E-state index is -1.87. The molecule has 0 spiro atoms.